The number of benzene rings is 1. The molecule has 1 aliphatic heterocycles. The fourth-order valence-electron chi connectivity index (χ4n) is 3.44. The predicted molar refractivity (Wildman–Crippen MR) is 106 cm³/mol. The molecule has 8 heteroatoms. The number of piperazine rings is 1. The van der Waals surface area contributed by atoms with Gasteiger partial charge in [0.2, 0.25) is 0 Å². The zero-order valence-corrected chi connectivity index (χ0v) is 17.2. The van der Waals surface area contributed by atoms with Crippen LogP contribution in [0.3, 0.4) is 0 Å². The quantitative estimate of drug-likeness (QED) is 0.626. The molecular formula is C18H27N5OS2+2. The van der Waals surface area contributed by atoms with Gasteiger partial charge in [-0.1, -0.05) is 29.5 Å². The Balaban J connectivity index is 1.48. The van der Waals surface area contributed by atoms with Crippen LogP contribution in [0.1, 0.15) is 16.1 Å². The number of carbonyl (C=O) groups is 1. The summed E-state index contributed by atoms with van der Waals surface area (Å²) in [4.78, 5) is 15.3. The highest BCUT2D eigenvalue weighted by molar-refractivity contribution is 7.73. The molecule has 140 valence electrons. The average molecular weight is 394 g/mol. The second kappa shape index (κ2) is 8.39. The lowest BCUT2D eigenvalue weighted by Gasteiger charge is -2.29. The largest absolute Gasteiger partial charge is 0.321 e. The summed E-state index contributed by atoms with van der Waals surface area (Å²) >= 11 is 6.92. The SMILES string of the molecule is Cc1nn(C[NH+]2CC[NH+](CC(=O)Nc3c(C)cccc3C)CC2)c(=S)s1. The van der Waals surface area contributed by atoms with Crippen molar-refractivity contribution in [3.05, 3.63) is 38.3 Å². The second-order valence-electron chi connectivity index (χ2n) is 7.04. The maximum absolute atomic E-state index is 12.4. The van der Waals surface area contributed by atoms with Crippen molar-refractivity contribution in [2.24, 2.45) is 0 Å². The van der Waals surface area contributed by atoms with Gasteiger partial charge in [-0.15, -0.1) is 0 Å². The van der Waals surface area contributed by atoms with E-state index in [-0.39, 0.29) is 5.91 Å². The number of aromatic nitrogens is 2. The molecule has 0 saturated carbocycles. The highest BCUT2D eigenvalue weighted by Gasteiger charge is 2.25. The van der Waals surface area contributed by atoms with Crippen LogP contribution in [0, 0.1) is 24.7 Å². The van der Waals surface area contributed by atoms with Gasteiger partial charge in [0.1, 0.15) is 31.2 Å². The lowest BCUT2D eigenvalue weighted by atomic mass is 10.1. The number of hydrogen-bond acceptors (Lipinski definition) is 4. The predicted octanol–water partition coefficient (Wildman–Crippen LogP) is -0.0210. The van der Waals surface area contributed by atoms with Crippen molar-refractivity contribution >= 4 is 35.1 Å². The first kappa shape index (κ1) is 19.2. The van der Waals surface area contributed by atoms with Gasteiger partial charge >= 0.3 is 0 Å². The number of amides is 1. The molecule has 0 aliphatic carbocycles. The average Bonchev–Trinajstić information content (AvgIpc) is 2.90. The number of nitrogens with zero attached hydrogens (tertiary/aromatic N) is 2. The summed E-state index contributed by atoms with van der Waals surface area (Å²) in [7, 11) is 0. The minimum absolute atomic E-state index is 0.0956. The van der Waals surface area contributed by atoms with Crippen molar-refractivity contribution in [2.45, 2.75) is 27.4 Å². The Morgan fingerprint density at radius 1 is 1.19 bits per heavy atom. The van der Waals surface area contributed by atoms with Crippen molar-refractivity contribution in [1.82, 2.24) is 9.78 Å². The smallest absolute Gasteiger partial charge is 0.279 e. The van der Waals surface area contributed by atoms with E-state index < -0.39 is 0 Å². The molecule has 26 heavy (non-hydrogen) atoms. The van der Waals surface area contributed by atoms with Crippen molar-refractivity contribution < 1.29 is 14.6 Å². The molecule has 0 radical (unpaired) electrons. The van der Waals surface area contributed by atoms with Crippen molar-refractivity contribution in [3.8, 4) is 0 Å². The highest BCUT2D eigenvalue weighted by Crippen LogP contribution is 2.18. The maximum Gasteiger partial charge on any atom is 0.279 e. The number of nitrogens with one attached hydrogen (secondary N) is 3. The first-order valence-electron chi connectivity index (χ1n) is 9.00. The molecule has 6 nitrogen and oxygen atoms in total. The molecule has 1 aromatic carbocycles. The van der Waals surface area contributed by atoms with Crippen LogP contribution in [0.15, 0.2) is 18.2 Å². The number of anilines is 1. The molecule has 1 fully saturated rings. The van der Waals surface area contributed by atoms with Crippen LogP contribution in [0.4, 0.5) is 5.69 Å². The zero-order chi connectivity index (χ0) is 18.7. The Morgan fingerprint density at radius 3 is 2.38 bits per heavy atom. The molecule has 3 N–H and O–H groups in total. The molecule has 3 rings (SSSR count). The first-order chi connectivity index (χ1) is 12.4. The summed E-state index contributed by atoms with van der Waals surface area (Å²) in [6, 6.07) is 6.08. The molecule has 1 amide bonds. The van der Waals surface area contributed by atoms with Gasteiger partial charge in [0.05, 0.1) is 0 Å². The van der Waals surface area contributed by atoms with Crippen LogP contribution in [0.2, 0.25) is 0 Å². The molecular weight excluding hydrogens is 366 g/mol. The maximum atomic E-state index is 12.4. The van der Waals surface area contributed by atoms with E-state index in [1.807, 2.05) is 43.7 Å². The van der Waals surface area contributed by atoms with Crippen molar-refractivity contribution in [2.75, 3.05) is 38.0 Å². The van der Waals surface area contributed by atoms with Crippen molar-refractivity contribution in [1.29, 1.82) is 0 Å². The Labute approximate surface area is 163 Å². The summed E-state index contributed by atoms with van der Waals surface area (Å²) < 4.78 is 2.78. The fraction of sp³-hybridized carbons (Fsp3) is 0.500. The van der Waals surface area contributed by atoms with Gasteiger partial charge in [-0.3, -0.25) is 4.79 Å². The molecule has 0 bridgehead atoms. The third-order valence-electron chi connectivity index (χ3n) is 4.90. The number of quaternary nitrogens is 2. The van der Waals surface area contributed by atoms with Gasteiger partial charge < -0.3 is 15.1 Å². The molecule has 1 aliphatic rings. The van der Waals surface area contributed by atoms with Crippen LogP contribution >= 0.6 is 23.6 Å². The summed E-state index contributed by atoms with van der Waals surface area (Å²) in [5.74, 6) is 0.0956. The van der Waals surface area contributed by atoms with Gasteiger partial charge in [-0.2, -0.15) is 9.78 Å². The van der Waals surface area contributed by atoms with Crippen LogP contribution in [0.5, 0.6) is 0 Å². The number of aryl methyl sites for hydroxylation is 3. The Hall–Kier alpha value is -1.61. The van der Waals surface area contributed by atoms with E-state index in [0.29, 0.717) is 6.54 Å². The van der Waals surface area contributed by atoms with E-state index in [9.17, 15) is 4.79 Å². The molecule has 1 saturated heterocycles. The number of hydrogen-bond donors (Lipinski definition) is 3. The third kappa shape index (κ3) is 4.76. The molecule has 0 atom stereocenters. The Morgan fingerprint density at radius 2 is 1.81 bits per heavy atom. The van der Waals surface area contributed by atoms with Crippen LogP contribution < -0.4 is 15.1 Å². The fourth-order valence-corrected chi connectivity index (χ4v) is 4.51. The minimum Gasteiger partial charge on any atom is -0.321 e. The Bertz CT molecular complexity index is 816. The molecule has 1 aromatic heterocycles. The summed E-state index contributed by atoms with van der Waals surface area (Å²) in [6.07, 6.45) is 0. The van der Waals surface area contributed by atoms with Crippen LogP contribution in [-0.2, 0) is 11.5 Å². The summed E-state index contributed by atoms with van der Waals surface area (Å²) in [6.45, 7) is 11.4. The lowest BCUT2D eigenvalue weighted by molar-refractivity contribution is -1.02. The molecule has 0 spiro atoms. The monoisotopic (exact) mass is 393 g/mol. The lowest BCUT2D eigenvalue weighted by Crippen LogP contribution is -3.28. The normalized spacial score (nSPS) is 20.1. The second-order valence-corrected chi connectivity index (χ2v) is 8.86. The van der Waals surface area contributed by atoms with Crippen LogP contribution in [0.25, 0.3) is 0 Å². The van der Waals surface area contributed by atoms with Gasteiger partial charge in [0, 0.05) is 5.69 Å². The summed E-state index contributed by atoms with van der Waals surface area (Å²) in [5.41, 5.74) is 3.17. The standard InChI is InChI=1S/C18H25N5OS2/c1-13-5-4-6-14(2)17(13)19-16(24)11-21-7-9-22(10-8-21)12-23-18(25)26-15(3)20-23/h4-6H,7-12H2,1-3H3,(H,19,24)/p+2. The highest BCUT2D eigenvalue weighted by atomic mass is 32.1. The van der Waals surface area contributed by atoms with Gasteiger partial charge in [-0.25, -0.2) is 0 Å². The topological polar surface area (TPSA) is 55.8 Å². The van der Waals surface area contributed by atoms with E-state index in [4.69, 9.17) is 12.2 Å². The minimum atomic E-state index is 0.0956. The number of carbonyl (C=O) groups excluding carboxylic acids is 1. The number of para-hydroxylation sites is 1. The van der Waals surface area contributed by atoms with Crippen molar-refractivity contribution in [3.63, 3.8) is 0 Å². The van der Waals surface area contributed by atoms with E-state index in [0.717, 1.165) is 58.6 Å². The van der Waals surface area contributed by atoms with Gasteiger partial charge in [0.25, 0.3) is 5.91 Å². The van der Waals surface area contributed by atoms with E-state index in [2.05, 4.69) is 10.4 Å². The van der Waals surface area contributed by atoms with Gasteiger partial charge in [0.15, 0.2) is 17.2 Å². The van der Waals surface area contributed by atoms with E-state index >= 15 is 0 Å². The molecule has 2 heterocycles. The molecule has 0 unspecified atom stereocenters. The molecule has 2 aromatic rings. The van der Waals surface area contributed by atoms with E-state index in [1.165, 1.54) is 9.80 Å². The summed E-state index contributed by atoms with van der Waals surface area (Å²) in [5, 5.41) is 8.58. The third-order valence-corrected chi connectivity index (χ3v) is 6.12. The van der Waals surface area contributed by atoms with Crippen LogP contribution in [-0.4, -0.2) is 48.4 Å². The van der Waals surface area contributed by atoms with E-state index in [1.54, 1.807) is 11.3 Å². The Kier molecular flexibility index (Phi) is 6.18. The first-order valence-corrected chi connectivity index (χ1v) is 10.2. The zero-order valence-electron chi connectivity index (χ0n) is 15.6. The number of rotatable bonds is 5. The van der Waals surface area contributed by atoms with Gasteiger partial charge in [-0.05, 0) is 44.1 Å².